The summed E-state index contributed by atoms with van der Waals surface area (Å²) in [4.78, 5) is 11.2. The first-order valence-electron chi connectivity index (χ1n) is 8.27. The van der Waals surface area contributed by atoms with Crippen molar-refractivity contribution in [2.75, 3.05) is 25.6 Å². The number of carboxylic acids is 1. The van der Waals surface area contributed by atoms with Crippen LogP contribution in [0, 0.1) is 0 Å². The summed E-state index contributed by atoms with van der Waals surface area (Å²) < 4.78 is 34.6. The maximum absolute atomic E-state index is 11.8. The number of benzene rings is 2. The van der Waals surface area contributed by atoms with Crippen molar-refractivity contribution in [1.29, 1.82) is 0 Å². The normalized spacial score (nSPS) is 17.0. The summed E-state index contributed by atoms with van der Waals surface area (Å²) in [6, 6.07) is 13.3. The quantitative estimate of drug-likeness (QED) is 0.700. The molecule has 8 heteroatoms. The Morgan fingerprint density at radius 1 is 1.00 bits per heavy atom. The zero-order valence-electron chi connectivity index (χ0n) is 14.4. The average molecular weight is 389 g/mol. The van der Waals surface area contributed by atoms with E-state index in [0.717, 1.165) is 5.56 Å². The fraction of sp³-hybridized carbons (Fsp3) is 0.211. The van der Waals surface area contributed by atoms with E-state index < -0.39 is 15.8 Å². The number of hydrogen-bond acceptors (Lipinski definition) is 6. The van der Waals surface area contributed by atoms with E-state index in [0.29, 0.717) is 36.2 Å². The van der Waals surface area contributed by atoms with Gasteiger partial charge < -0.3 is 14.6 Å². The molecule has 2 aromatic carbocycles. The van der Waals surface area contributed by atoms with Crippen molar-refractivity contribution in [2.24, 2.45) is 0 Å². The Balaban J connectivity index is 1.48. The molecule has 0 bridgehead atoms. The standard InChI is InChI=1S/C19H19NO6S/c21-19(22)15-3-7-17(8-4-15)26-10-9-25-16-5-1-14(2-6-16)11-18-12-20-13-27(18,23)24/h1-8,11,20H,9-10,12-13H2,(H,21,22)/b18-11+. The van der Waals surface area contributed by atoms with Crippen LogP contribution in [0.1, 0.15) is 15.9 Å². The third kappa shape index (κ3) is 5.08. The van der Waals surface area contributed by atoms with Gasteiger partial charge in [-0.3, -0.25) is 5.32 Å². The van der Waals surface area contributed by atoms with Gasteiger partial charge in [-0.2, -0.15) is 0 Å². The molecule has 1 saturated heterocycles. The van der Waals surface area contributed by atoms with Gasteiger partial charge in [-0.15, -0.1) is 0 Å². The Labute approximate surface area is 157 Å². The molecule has 1 fully saturated rings. The molecule has 0 aliphatic carbocycles. The predicted octanol–water partition coefficient (Wildman–Crippen LogP) is 2.16. The van der Waals surface area contributed by atoms with E-state index in [4.69, 9.17) is 14.6 Å². The van der Waals surface area contributed by atoms with Crippen LogP contribution in [-0.4, -0.2) is 45.1 Å². The van der Waals surface area contributed by atoms with Gasteiger partial charge in [-0.05, 0) is 48.0 Å². The third-order valence-corrected chi connectivity index (χ3v) is 5.57. The highest BCUT2D eigenvalue weighted by Crippen LogP contribution is 2.19. The zero-order valence-corrected chi connectivity index (χ0v) is 15.2. The SMILES string of the molecule is O=C(O)c1ccc(OCCOc2ccc(/C=C3\CNCS3(=O)=O)cc2)cc1. The van der Waals surface area contributed by atoms with E-state index in [1.807, 2.05) is 0 Å². The van der Waals surface area contributed by atoms with Crippen molar-refractivity contribution in [3.05, 3.63) is 64.6 Å². The molecule has 0 spiro atoms. The van der Waals surface area contributed by atoms with Crippen molar-refractivity contribution >= 4 is 21.9 Å². The Kier molecular flexibility index (Phi) is 5.78. The number of ether oxygens (including phenoxy) is 2. The van der Waals surface area contributed by atoms with Crippen LogP contribution in [-0.2, 0) is 9.84 Å². The highest BCUT2D eigenvalue weighted by molar-refractivity contribution is 7.95. The Morgan fingerprint density at radius 3 is 2.04 bits per heavy atom. The van der Waals surface area contributed by atoms with Crippen LogP contribution >= 0.6 is 0 Å². The van der Waals surface area contributed by atoms with E-state index in [1.54, 1.807) is 42.5 Å². The summed E-state index contributed by atoms with van der Waals surface area (Å²) in [6.07, 6.45) is 1.66. The van der Waals surface area contributed by atoms with E-state index in [9.17, 15) is 13.2 Å². The molecule has 7 nitrogen and oxygen atoms in total. The predicted molar refractivity (Wildman–Crippen MR) is 101 cm³/mol. The first-order valence-corrected chi connectivity index (χ1v) is 9.92. The smallest absolute Gasteiger partial charge is 0.335 e. The molecule has 2 aromatic rings. The number of carboxylic acid groups (broad SMARTS) is 1. The van der Waals surface area contributed by atoms with Gasteiger partial charge in [0.15, 0.2) is 9.84 Å². The molecule has 1 aliphatic heterocycles. The zero-order chi connectivity index (χ0) is 19.3. The summed E-state index contributed by atoms with van der Waals surface area (Å²) >= 11 is 0. The number of nitrogens with one attached hydrogen (secondary N) is 1. The van der Waals surface area contributed by atoms with Crippen molar-refractivity contribution in [3.63, 3.8) is 0 Å². The minimum Gasteiger partial charge on any atom is -0.490 e. The highest BCUT2D eigenvalue weighted by atomic mass is 32.2. The van der Waals surface area contributed by atoms with Gasteiger partial charge in [0.25, 0.3) is 0 Å². The van der Waals surface area contributed by atoms with Crippen LogP contribution in [0.15, 0.2) is 53.4 Å². The molecule has 2 N–H and O–H groups in total. The van der Waals surface area contributed by atoms with E-state index >= 15 is 0 Å². The van der Waals surface area contributed by atoms with Crippen molar-refractivity contribution in [1.82, 2.24) is 5.32 Å². The monoisotopic (exact) mass is 389 g/mol. The van der Waals surface area contributed by atoms with Gasteiger partial charge in [0.2, 0.25) is 0 Å². The molecule has 0 unspecified atom stereocenters. The Bertz CT molecular complexity index is 933. The molecule has 0 radical (unpaired) electrons. The number of hydrogen-bond donors (Lipinski definition) is 2. The van der Waals surface area contributed by atoms with Crippen LogP contribution in [0.3, 0.4) is 0 Å². The molecule has 0 amide bonds. The second-order valence-corrected chi connectivity index (χ2v) is 7.93. The van der Waals surface area contributed by atoms with Crippen molar-refractivity contribution in [2.45, 2.75) is 0 Å². The number of rotatable bonds is 7. The number of aromatic carboxylic acids is 1. The Morgan fingerprint density at radius 2 is 1.56 bits per heavy atom. The molecular weight excluding hydrogens is 370 g/mol. The Hall–Kier alpha value is -2.84. The molecular formula is C19H19NO6S. The summed E-state index contributed by atoms with van der Waals surface area (Å²) in [5.41, 5.74) is 0.995. The van der Waals surface area contributed by atoms with Crippen LogP contribution in [0.25, 0.3) is 6.08 Å². The second-order valence-electron chi connectivity index (χ2n) is 5.89. The number of carbonyl (C=O) groups is 1. The van der Waals surface area contributed by atoms with Crippen molar-refractivity contribution < 1.29 is 27.8 Å². The minimum absolute atomic E-state index is 0.0148. The maximum Gasteiger partial charge on any atom is 0.335 e. The molecule has 0 atom stereocenters. The fourth-order valence-corrected chi connectivity index (χ4v) is 3.70. The molecule has 1 aliphatic rings. The first kappa shape index (κ1) is 18.9. The average Bonchev–Trinajstić information content (AvgIpc) is 2.98. The first-order chi connectivity index (χ1) is 12.9. The van der Waals surface area contributed by atoms with Gasteiger partial charge >= 0.3 is 5.97 Å². The van der Waals surface area contributed by atoms with E-state index in [-0.39, 0.29) is 11.4 Å². The van der Waals surface area contributed by atoms with Gasteiger partial charge in [0.1, 0.15) is 30.6 Å². The lowest BCUT2D eigenvalue weighted by atomic mass is 10.2. The van der Waals surface area contributed by atoms with E-state index in [1.165, 1.54) is 12.1 Å². The van der Waals surface area contributed by atoms with Crippen molar-refractivity contribution in [3.8, 4) is 11.5 Å². The van der Waals surface area contributed by atoms with Gasteiger partial charge in [0.05, 0.1) is 10.5 Å². The molecule has 142 valence electrons. The largest absolute Gasteiger partial charge is 0.490 e. The van der Waals surface area contributed by atoms with Gasteiger partial charge in [-0.1, -0.05) is 12.1 Å². The topological polar surface area (TPSA) is 102 Å². The van der Waals surface area contributed by atoms with Crippen LogP contribution in [0.4, 0.5) is 0 Å². The highest BCUT2D eigenvalue weighted by Gasteiger charge is 2.23. The lowest BCUT2D eigenvalue weighted by Crippen LogP contribution is -2.09. The summed E-state index contributed by atoms with van der Waals surface area (Å²) in [5, 5.41) is 11.7. The molecule has 0 saturated carbocycles. The molecule has 3 rings (SSSR count). The molecule has 27 heavy (non-hydrogen) atoms. The summed E-state index contributed by atoms with van der Waals surface area (Å²) in [5.74, 6) is 0.219. The maximum atomic E-state index is 11.8. The number of sulfone groups is 1. The second kappa shape index (κ2) is 8.24. The van der Waals surface area contributed by atoms with Crippen LogP contribution in [0.2, 0.25) is 0 Å². The molecule has 1 heterocycles. The minimum atomic E-state index is -3.18. The lowest BCUT2D eigenvalue weighted by Gasteiger charge is -2.09. The van der Waals surface area contributed by atoms with Crippen LogP contribution in [0.5, 0.6) is 11.5 Å². The third-order valence-electron chi connectivity index (χ3n) is 3.92. The van der Waals surface area contributed by atoms with Crippen LogP contribution < -0.4 is 14.8 Å². The fourth-order valence-electron chi connectivity index (χ4n) is 2.51. The van der Waals surface area contributed by atoms with Gasteiger partial charge in [-0.25, -0.2) is 13.2 Å². The summed E-state index contributed by atoms with van der Waals surface area (Å²) in [7, 11) is -3.18. The lowest BCUT2D eigenvalue weighted by molar-refractivity contribution is 0.0697. The van der Waals surface area contributed by atoms with E-state index in [2.05, 4.69) is 5.32 Å². The van der Waals surface area contributed by atoms with Gasteiger partial charge in [0, 0.05) is 6.54 Å². The summed E-state index contributed by atoms with van der Waals surface area (Å²) in [6.45, 7) is 0.979. The molecule has 0 aromatic heterocycles.